The fourth-order valence-electron chi connectivity index (χ4n) is 6.63. The molecule has 1 saturated carbocycles. The van der Waals surface area contributed by atoms with Crippen LogP contribution >= 0.6 is 0 Å². The van der Waals surface area contributed by atoms with Crippen LogP contribution in [0.25, 0.3) is 11.0 Å². The molecule has 7 heteroatoms. The second kappa shape index (κ2) is 11.8. The minimum atomic E-state index is -0.141. The van der Waals surface area contributed by atoms with E-state index in [-0.39, 0.29) is 12.5 Å². The van der Waals surface area contributed by atoms with Crippen LogP contribution in [0.1, 0.15) is 93.8 Å². The lowest BCUT2D eigenvalue weighted by Crippen LogP contribution is -2.40. The third-order valence-corrected chi connectivity index (χ3v) is 8.61. The van der Waals surface area contributed by atoms with Gasteiger partial charge in [-0.25, -0.2) is 4.79 Å². The molecule has 1 aliphatic carbocycles. The molecule has 1 amide bonds. The van der Waals surface area contributed by atoms with E-state index in [0.29, 0.717) is 23.2 Å². The van der Waals surface area contributed by atoms with Crippen molar-refractivity contribution in [2.24, 2.45) is 0 Å². The Morgan fingerprint density at radius 3 is 2.54 bits per heavy atom. The number of carbonyl (C=O) groups is 1. The molecule has 5 rings (SSSR count). The number of amides is 1. The molecule has 0 atom stereocenters. The summed E-state index contributed by atoms with van der Waals surface area (Å²) >= 11 is 0. The summed E-state index contributed by atoms with van der Waals surface area (Å²) in [6, 6.07) is 4.65. The lowest BCUT2D eigenvalue weighted by molar-refractivity contribution is 0.0845. The van der Waals surface area contributed by atoms with Crippen molar-refractivity contribution in [3.63, 3.8) is 0 Å². The first-order valence-corrected chi connectivity index (χ1v) is 14.6. The molecule has 2 aromatic rings. The molecule has 2 N–H and O–H groups in total. The molecular weight excluding hydrogens is 490 g/mol. The van der Waals surface area contributed by atoms with E-state index in [9.17, 15) is 9.59 Å². The smallest absolute Gasteiger partial charge is 0.252 e. The predicted molar refractivity (Wildman–Crippen MR) is 155 cm³/mol. The zero-order valence-electron chi connectivity index (χ0n) is 23.7. The highest BCUT2D eigenvalue weighted by molar-refractivity contribution is 6.09. The molecule has 1 aromatic carbocycles. The minimum absolute atomic E-state index is 0.141. The molecule has 1 aromatic heterocycles. The maximum absolute atomic E-state index is 14.1. The second-order valence-electron chi connectivity index (χ2n) is 11.0. The molecule has 0 spiro atoms. The molecule has 2 fully saturated rings. The first-order chi connectivity index (χ1) is 18.9. The van der Waals surface area contributed by atoms with Crippen LogP contribution in [0.2, 0.25) is 0 Å². The van der Waals surface area contributed by atoms with Crippen molar-refractivity contribution in [1.29, 1.82) is 0 Å². The van der Waals surface area contributed by atoms with Gasteiger partial charge in [0.1, 0.15) is 17.0 Å². The van der Waals surface area contributed by atoms with E-state index in [2.05, 4.69) is 41.5 Å². The van der Waals surface area contributed by atoms with Crippen LogP contribution in [-0.4, -0.2) is 44.2 Å². The first kappa shape index (κ1) is 27.3. The standard InChI is InChI=1S/C32H41N3O4/c1-5-24-28(35(6-2)23-11-13-38-14-12-23)17-30-25(16-29(39-30)22-9-7-8-10-22)31(24)32(37)33-18-26-20(3)15-21(4)34-27(26)19-36/h15-17,22-23,34H,5-14,18H2,1-4H3,(H,33,37). The summed E-state index contributed by atoms with van der Waals surface area (Å²) in [5.41, 5.74) is 6.56. The Morgan fingerprint density at radius 2 is 1.87 bits per heavy atom. The van der Waals surface area contributed by atoms with E-state index in [4.69, 9.17) is 9.15 Å². The van der Waals surface area contributed by atoms with Crippen LogP contribution in [0.15, 0.2) is 45.2 Å². The van der Waals surface area contributed by atoms with Crippen LogP contribution in [0.4, 0.5) is 5.69 Å². The van der Waals surface area contributed by atoms with Gasteiger partial charge in [0.2, 0.25) is 0 Å². The third-order valence-electron chi connectivity index (χ3n) is 8.61. The maximum Gasteiger partial charge on any atom is 0.252 e. The SMILES string of the molecule is CCc1c(N(CC)C2CCOCC2)cc2oc(C3CCCC3)cc2c1C(=O)NCC1=C(C)C=C(C)NC1=C=O. The zero-order valence-corrected chi connectivity index (χ0v) is 23.7. The summed E-state index contributed by atoms with van der Waals surface area (Å²) in [4.78, 5) is 28.2. The summed E-state index contributed by atoms with van der Waals surface area (Å²) in [7, 11) is 0. The number of hydrogen-bond acceptors (Lipinski definition) is 6. The van der Waals surface area contributed by atoms with E-state index >= 15 is 0 Å². The van der Waals surface area contributed by atoms with Crippen molar-refractivity contribution in [1.82, 2.24) is 10.6 Å². The number of allylic oxidation sites excluding steroid dienone is 3. The zero-order chi connectivity index (χ0) is 27.5. The van der Waals surface area contributed by atoms with E-state index < -0.39 is 0 Å². The molecule has 7 nitrogen and oxygen atoms in total. The highest BCUT2D eigenvalue weighted by atomic mass is 16.5. The highest BCUT2D eigenvalue weighted by Crippen LogP contribution is 2.41. The molecule has 0 bridgehead atoms. The number of nitrogens with zero attached hydrogens (tertiary/aromatic N) is 1. The van der Waals surface area contributed by atoms with Gasteiger partial charge in [-0.2, -0.15) is 0 Å². The maximum atomic E-state index is 14.1. The molecule has 3 aliphatic rings. The predicted octanol–water partition coefficient (Wildman–Crippen LogP) is 5.93. The Balaban J connectivity index is 1.58. The number of nitrogens with one attached hydrogen (secondary N) is 2. The molecular formula is C32H41N3O4. The van der Waals surface area contributed by atoms with Crippen molar-refractivity contribution >= 4 is 28.5 Å². The Bertz CT molecular complexity index is 1350. The molecule has 0 radical (unpaired) electrons. The van der Waals surface area contributed by atoms with Crippen molar-refractivity contribution in [2.75, 3.05) is 31.2 Å². The summed E-state index contributed by atoms with van der Waals surface area (Å²) in [6.07, 6.45) is 9.34. The summed E-state index contributed by atoms with van der Waals surface area (Å²) < 4.78 is 12.2. The number of anilines is 1. The first-order valence-electron chi connectivity index (χ1n) is 14.6. The van der Waals surface area contributed by atoms with E-state index in [1.54, 1.807) is 0 Å². The van der Waals surface area contributed by atoms with Crippen molar-refractivity contribution < 1.29 is 18.7 Å². The Labute approximate surface area is 231 Å². The molecule has 2 aliphatic heterocycles. The topological polar surface area (TPSA) is 83.8 Å². The van der Waals surface area contributed by atoms with Gasteiger partial charge < -0.3 is 24.7 Å². The number of benzene rings is 1. The molecule has 3 heterocycles. The third kappa shape index (κ3) is 5.43. The number of carbonyl (C=O) groups excluding carboxylic acids is 2. The van der Waals surface area contributed by atoms with Gasteiger partial charge in [0.25, 0.3) is 5.91 Å². The number of fused-ring (bicyclic) bond motifs is 1. The Morgan fingerprint density at radius 1 is 1.13 bits per heavy atom. The number of ether oxygens (including phenoxy) is 1. The Kier molecular flexibility index (Phi) is 8.29. The number of hydrogen-bond donors (Lipinski definition) is 2. The van der Waals surface area contributed by atoms with E-state index in [1.165, 1.54) is 12.8 Å². The molecule has 1 saturated heterocycles. The highest BCUT2D eigenvalue weighted by Gasteiger charge is 2.29. The molecule has 39 heavy (non-hydrogen) atoms. The summed E-state index contributed by atoms with van der Waals surface area (Å²) in [5, 5.41) is 7.10. The largest absolute Gasteiger partial charge is 0.461 e. The van der Waals surface area contributed by atoms with Crippen molar-refractivity contribution in [3.8, 4) is 0 Å². The van der Waals surface area contributed by atoms with Gasteiger partial charge in [0, 0.05) is 66.7 Å². The van der Waals surface area contributed by atoms with Crippen LogP contribution in [-0.2, 0) is 16.0 Å². The average Bonchev–Trinajstić information content (AvgIpc) is 3.62. The van der Waals surface area contributed by atoms with Gasteiger partial charge in [0.15, 0.2) is 5.94 Å². The van der Waals surface area contributed by atoms with Gasteiger partial charge in [-0.3, -0.25) is 4.79 Å². The van der Waals surface area contributed by atoms with Gasteiger partial charge in [-0.15, -0.1) is 0 Å². The fourth-order valence-corrected chi connectivity index (χ4v) is 6.63. The van der Waals surface area contributed by atoms with E-state index in [0.717, 1.165) is 96.7 Å². The fraction of sp³-hybridized carbons (Fsp3) is 0.531. The quantitative estimate of drug-likeness (QED) is 0.411. The van der Waals surface area contributed by atoms with Crippen LogP contribution in [0, 0.1) is 0 Å². The van der Waals surface area contributed by atoms with Gasteiger partial charge in [-0.1, -0.05) is 19.8 Å². The molecule has 208 valence electrons. The summed E-state index contributed by atoms with van der Waals surface area (Å²) in [6.45, 7) is 10.8. The minimum Gasteiger partial charge on any atom is -0.461 e. The normalized spacial score (nSPS) is 18.8. The van der Waals surface area contributed by atoms with Crippen LogP contribution in [0.3, 0.4) is 0 Å². The van der Waals surface area contributed by atoms with Crippen molar-refractivity contribution in [3.05, 3.63) is 57.6 Å². The van der Waals surface area contributed by atoms with Gasteiger partial charge in [-0.05, 0) is 76.2 Å². The lowest BCUT2D eigenvalue weighted by Gasteiger charge is -2.37. The van der Waals surface area contributed by atoms with Crippen LogP contribution in [0.5, 0.6) is 0 Å². The lowest BCUT2D eigenvalue weighted by atomic mass is 9.94. The number of dihydropyridines is 1. The van der Waals surface area contributed by atoms with Crippen LogP contribution < -0.4 is 15.5 Å². The van der Waals surface area contributed by atoms with Gasteiger partial charge in [0.05, 0.1) is 5.56 Å². The monoisotopic (exact) mass is 531 g/mol. The second-order valence-corrected chi connectivity index (χ2v) is 11.0. The number of rotatable bonds is 8. The number of furan rings is 1. The van der Waals surface area contributed by atoms with E-state index in [1.807, 2.05) is 25.9 Å². The molecule has 0 unspecified atom stereocenters. The van der Waals surface area contributed by atoms with Gasteiger partial charge >= 0.3 is 0 Å². The average molecular weight is 532 g/mol. The van der Waals surface area contributed by atoms with Crippen molar-refractivity contribution in [2.45, 2.75) is 84.6 Å². The summed E-state index contributed by atoms with van der Waals surface area (Å²) in [5.74, 6) is 3.27. The Hall–Kier alpha value is -3.28.